The first-order valence-corrected chi connectivity index (χ1v) is 10.3. The third-order valence-electron chi connectivity index (χ3n) is 4.04. The number of halogens is 6. The zero-order valence-corrected chi connectivity index (χ0v) is 17.5. The van der Waals surface area contributed by atoms with Gasteiger partial charge in [-0.3, -0.25) is 4.79 Å². The molecule has 0 aliphatic rings. The molecule has 1 N–H and O–H groups in total. The van der Waals surface area contributed by atoms with Crippen LogP contribution in [0.2, 0.25) is 0 Å². The number of alkyl halides is 6. The van der Waals surface area contributed by atoms with Crippen LogP contribution in [0.4, 0.5) is 26.3 Å². The molecule has 0 saturated carbocycles. The van der Waals surface area contributed by atoms with E-state index in [1.807, 2.05) is 0 Å². The highest BCUT2D eigenvalue weighted by atomic mass is 32.2. The molecule has 1 aromatic carbocycles. The minimum Gasteiger partial charge on any atom is -0.376 e. The fraction of sp³-hybridized carbons (Fsp3) is 0.235. The number of aromatic nitrogens is 5. The second-order valence-electron chi connectivity index (χ2n) is 6.50. The van der Waals surface area contributed by atoms with Gasteiger partial charge < -0.3 is 9.50 Å². The molecule has 0 unspecified atom stereocenters. The highest BCUT2D eigenvalue weighted by molar-refractivity contribution is 7.88. The van der Waals surface area contributed by atoms with Crippen LogP contribution < -0.4 is 9.50 Å². The molecule has 17 heteroatoms. The molecule has 1 amide bonds. The van der Waals surface area contributed by atoms with Crippen LogP contribution in [0.1, 0.15) is 34.7 Å². The Kier molecular flexibility index (Phi) is 6.50. The van der Waals surface area contributed by atoms with E-state index in [-0.39, 0.29) is 17.8 Å². The van der Waals surface area contributed by atoms with Crippen LogP contribution in [-0.2, 0) is 16.3 Å². The Morgan fingerprint density at radius 3 is 2.29 bits per heavy atom. The largest absolute Gasteiger partial charge is 0.534 e. The summed E-state index contributed by atoms with van der Waals surface area (Å²) in [6.45, 7) is 1.39. The van der Waals surface area contributed by atoms with Crippen molar-refractivity contribution in [3.05, 3.63) is 59.9 Å². The van der Waals surface area contributed by atoms with Gasteiger partial charge in [-0.2, -0.15) is 44.5 Å². The van der Waals surface area contributed by atoms with Gasteiger partial charge in [-0.25, -0.2) is 15.0 Å². The Hall–Kier alpha value is -3.76. The molecule has 2 heterocycles. The van der Waals surface area contributed by atoms with Gasteiger partial charge in [-0.1, -0.05) is 0 Å². The van der Waals surface area contributed by atoms with Gasteiger partial charge in [0.1, 0.15) is 12.1 Å². The van der Waals surface area contributed by atoms with Crippen LogP contribution in [-0.4, -0.2) is 44.6 Å². The van der Waals surface area contributed by atoms with Gasteiger partial charge in [0.2, 0.25) is 0 Å². The Morgan fingerprint density at radius 1 is 1.06 bits per heavy atom. The monoisotopic (exact) mass is 510 g/mol. The van der Waals surface area contributed by atoms with Crippen molar-refractivity contribution >= 4 is 16.0 Å². The summed E-state index contributed by atoms with van der Waals surface area (Å²) in [7, 11) is -6.28. The Balaban J connectivity index is 1.92. The van der Waals surface area contributed by atoms with Crippen molar-refractivity contribution < 1.29 is 43.7 Å². The maximum absolute atomic E-state index is 13.2. The van der Waals surface area contributed by atoms with Crippen molar-refractivity contribution in [2.75, 3.05) is 0 Å². The maximum atomic E-state index is 13.2. The van der Waals surface area contributed by atoms with Crippen molar-refractivity contribution in [2.45, 2.75) is 24.7 Å². The molecule has 0 bridgehead atoms. The van der Waals surface area contributed by atoms with Gasteiger partial charge in [0, 0.05) is 18.0 Å². The number of amides is 1. The number of rotatable bonds is 6. The molecule has 0 fully saturated rings. The quantitative estimate of drug-likeness (QED) is 0.305. The molecule has 10 nitrogen and oxygen atoms in total. The first-order chi connectivity index (χ1) is 15.7. The normalized spacial score (nSPS) is 13.4. The SMILES string of the molecule is C[C@H](NC(=O)c1cc(OS(=O)(=O)C(F)(F)F)cc(C(F)(F)F)c1)c1ncnn1-c1ncccn1. The fourth-order valence-corrected chi connectivity index (χ4v) is 3.00. The Bertz CT molecular complexity index is 1290. The van der Waals surface area contributed by atoms with Crippen LogP contribution >= 0.6 is 0 Å². The first kappa shape index (κ1) is 24.9. The summed E-state index contributed by atoms with van der Waals surface area (Å²) in [6, 6.07) is 1.28. The Morgan fingerprint density at radius 2 is 1.71 bits per heavy atom. The smallest absolute Gasteiger partial charge is 0.376 e. The van der Waals surface area contributed by atoms with Crippen molar-refractivity contribution in [2.24, 2.45) is 0 Å². The van der Waals surface area contributed by atoms with Gasteiger partial charge in [-0.15, -0.1) is 0 Å². The van der Waals surface area contributed by atoms with E-state index in [1.54, 1.807) is 0 Å². The molecule has 0 saturated heterocycles. The van der Waals surface area contributed by atoms with Crippen molar-refractivity contribution in [1.29, 1.82) is 0 Å². The van der Waals surface area contributed by atoms with Crippen LogP contribution in [0.5, 0.6) is 5.75 Å². The lowest BCUT2D eigenvalue weighted by Gasteiger charge is -2.16. The summed E-state index contributed by atoms with van der Waals surface area (Å²) in [4.78, 5) is 24.4. The van der Waals surface area contributed by atoms with E-state index in [2.05, 4.69) is 29.6 Å². The zero-order valence-electron chi connectivity index (χ0n) is 16.7. The third kappa shape index (κ3) is 5.41. The lowest BCUT2D eigenvalue weighted by Crippen LogP contribution is -2.30. The molecule has 2 aromatic heterocycles. The summed E-state index contributed by atoms with van der Waals surface area (Å²) in [5.74, 6) is -2.41. The summed E-state index contributed by atoms with van der Waals surface area (Å²) < 4.78 is 105. The second kappa shape index (κ2) is 8.88. The van der Waals surface area contributed by atoms with E-state index >= 15 is 0 Å². The minimum atomic E-state index is -6.28. The lowest BCUT2D eigenvalue weighted by atomic mass is 10.1. The third-order valence-corrected chi connectivity index (χ3v) is 5.01. The molecule has 182 valence electrons. The number of nitrogens with zero attached hydrogens (tertiary/aromatic N) is 5. The molecule has 3 rings (SSSR count). The van der Waals surface area contributed by atoms with Crippen LogP contribution in [0.25, 0.3) is 5.95 Å². The Labute approximate surface area is 186 Å². The highest BCUT2D eigenvalue weighted by Gasteiger charge is 2.49. The van der Waals surface area contributed by atoms with E-state index in [0.717, 1.165) is 11.0 Å². The standard InChI is InChI=1S/C17H12F6N6O4S/c1-9(13-26-8-27-29(13)15-24-3-2-4-25-15)28-14(30)10-5-11(16(18,19)20)7-12(6-10)33-34(31,32)17(21,22)23/h2-9H,1H3,(H,28,30)/t9-/m0/s1. The number of nitrogens with one attached hydrogen (secondary N) is 1. The fourth-order valence-electron chi connectivity index (χ4n) is 2.56. The molecule has 3 aromatic rings. The molecule has 0 aliphatic carbocycles. The van der Waals surface area contributed by atoms with E-state index in [9.17, 15) is 39.6 Å². The molecule has 0 spiro atoms. The van der Waals surface area contributed by atoms with E-state index in [0.29, 0.717) is 12.1 Å². The van der Waals surface area contributed by atoms with Gasteiger partial charge in [-0.05, 0) is 31.2 Å². The second-order valence-corrected chi connectivity index (χ2v) is 8.04. The van der Waals surface area contributed by atoms with Crippen molar-refractivity contribution in [1.82, 2.24) is 30.0 Å². The topological polar surface area (TPSA) is 129 Å². The summed E-state index contributed by atoms with van der Waals surface area (Å²) in [6.07, 6.45) is -1.23. The molecular formula is C17H12F6N6O4S. The van der Waals surface area contributed by atoms with Crippen molar-refractivity contribution in [3.63, 3.8) is 0 Å². The van der Waals surface area contributed by atoms with Gasteiger partial charge >= 0.3 is 21.8 Å². The minimum absolute atomic E-state index is 0.0207. The first-order valence-electron chi connectivity index (χ1n) is 8.90. The number of hydrogen-bond donors (Lipinski definition) is 1. The molecule has 34 heavy (non-hydrogen) atoms. The predicted octanol–water partition coefficient (Wildman–Crippen LogP) is 2.80. The van der Waals surface area contributed by atoms with Gasteiger partial charge in [0.25, 0.3) is 11.9 Å². The lowest BCUT2D eigenvalue weighted by molar-refractivity contribution is -0.137. The molecule has 1 atom stereocenters. The van der Waals surface area contributed by atoms with Gasteiger partial charge in [0.05, 0.1) is 11.6 Å². The van der Waals surface area contributed by atoms with Crippen molar-refractivity contribution in [3.8, 4) is 11.7 Å². The average Bonchev–Trinajstić information content (AvgIpc) is 3.22. The summed E-state index contributed by atoms with van der Waals surface area (Å²) >= 11 is 0. The van der Waals surface area contributed by atoms with Crippen LogP contribution in [0.3, 0.4) is 0 Å². The predicted molar refractivity (Wildman–Crippen MR) is 99.9 cm³/mol. The van der Waals surface area contributed by atoms with E-state index < -0.39 is 50.6 Å². The number of carbonyl (C=O) groups is 1. The molecule has 0 radical (unpaired) electrons. The number of carbonyl (C=O) groups excluding carboxylic acids is 1. The van der Waals surface area contributed by atoms with Gasteiger partial charge in [0.15, 0.2) is 5.82 Å². The average molecular weight is 510 g/mol. The summed E-state index contributed by atoms with van der Waals surface area (Å²) in [5, 5.41) is 6.19. The van der Waals surface area contributed by atoms with E-state index in [4.69, 9.17) is 0 Å². The number of benzene rings is 1. The molecular weight excluding hydrogens is 498 g/mol. The number of hydrogen-bond acceptors (Lipinski definition) is 8. The van der Waals surface area contributed by atoms with Crippen LogP contribution in [0, 0.1) is 0 Å². The highest BCUT2D eigenvalue weighted by Crippen LogP contribution is 2.35. The molecule has 0 aliphatic heterocycles. The van der Waals surface area contributed by atoms with E-state index in [1.165, 1.54) is 25.4 Å². The summed E-state index contributed by atoms with van der Waals surface area (Å²) in [5.41, 5.74) is -8.33. The zero-order chi connectivity index (χ0) is 25.3. The van der Waals surface area contributed by atoms with Crippen LogP contribution in [0.15, 0.2) is 43.0 Å². The maximum Gasteiger partial charge on any atom is 0.534 e.